The normalized spacial score (nSPS) is 12.1. The predicted octanol–water partition coefficient (Wildman–Crippen LogP) is 0.388. The number of hydrogen-bond donors (Lipinski definition) is 2. The van der Waals surface area contributed by atoms with Crippen LogP contribution in [0.15, 0.2) is 11.1 Å². The van der Waals surface area contributed by atoms with Gasteiger partial charge >= 0.3 is 0 Å². The van der Waals surface area contributed by atoms with Crippen molar-refractivity contribution >= 4 is 15.8 Å². The van der Waals surface area contributed by atoms with Gasteiger partial charge in [-0.15, -0.1) is 0 Å². The van der Waals surface area contributed by atoms with Gasteiger partial charge in [-0.05, 0) is 6.07 Å². The fourth-order valence-corrected chi connectivity index (χ4v) is 1.59. The van der Waals surface area contributed by atoms with E-state index >= 15 is 0 Å². The number of primary sulfonamides is 1. The van der Waals surface area contributed by atoms with Crippen molar-refractivity contribution in [3.8, 4) is 0 Å². The molecule has 0 atom stereocenters. The summed E-state index contributed by atoms with van der Waals surface area (Å²) in [4.78, 5) is 2.98. The average molecular weight is 241 g/mol. The van der Waals surface area contributed by atoms with Crippen LogP contribution in [0.3, 0.4) is 0 Å². The van der Waals surface area contributed by atoms with Crippen LogP contribution >= 0.6 is 0 Å². The van der Waals surface area contributed by atoms with E-state index < -0.39 is 38.7 Å². The first-order chi connectivity index (χ1) is 6.73. The average Bonchev–Trinajstić information content (AvgIpc) is 2.06. The number of pyridine rings is 1. The molecule has 5 nitrogen and oxygen atoms in total. The maximum Gasteiger partial charge on any atom is 0.266 e. The minimum absolute atomic E-state index is 0.298. The Kier molecular flexibility index (Phi) is 2.86. The molecule has 1 aromatic heterocycles. The van der Waals surface area contributed by atoms with Gasteiger partial charge in [-0.25, -0.2) is 31.7 Å². The van der Waals surface area contributed by atoms with Gasteiger partial charge < -0.3 is 5.73 Å². The molecule has 0 spiro atoms. The minimum atomic E-state index is -4.46. The second kappa shape index (κ2) is 3.66. The number of sulfonamides is 1. The summed E-state index contributed by atoms with van der Waals surface area (Å²) in [6, 6.07) is 0.298. The van der Waals surface area contributed by atoms with E-state index in [0.29, 0.717) is 6.07 Å². The third kappa shape index (κ3) is 2.36. The monoisotopic (exact) mass is 241 g/mol. The number of nitrogen functional groups attached to an aromatic ring is 1. The number of nitrogens with two attached hydrogens (primary N) is 2. The van der Waals surface area contributed by atoms with Crippen molar-refractivity contribution in [2.45, 2.75) is 11.5 Å². The summed E-state index contributed by atoms with van der Waals surface area (Å²) < 4.78 is 59.0. The molecule has 0 aliphatic rings. The van der Waals surface area contributed by atoms with Crippen molar-refractivity contribution in [3.05, 3.63) is 17.4 Å². The third-order valence-electron chi connectivity index (χ3n) is 1.50. The summed E-state index contributed by atoms with van der Waals surface area (Å²) in [5.74, 6) is -2.03. The van der Waals surface area contributed by atoms with Crippen molar-refractivity contribution in [2.24, 2.45) is 5.14 Å². The largest absolute Gasteiger partial charge is 0.381 e. The molecule has 0 saturated heterocycles. The Balaban J connectivity index is 3.56. The van der Waals surface area contributed by atoms with E-state index in [1.54, 1.807) is 0 Å². The van der Waals surface area contributed by atoms with Crippen LogP contribution in [-0.2, 0) is 10.0 Å². The molecule has 1 rings (SSSR count). The molecule has 0 aliphatic heterocycles. The predicted molar refractivity (Wildman–Crippen MR) is 44.9 cm³/mol. The fourth-order valence-electron chi connectivity index (χ4n) is 0.884. The maximum absolute atomic E-state index is 12.8. The number of alkyl halides is 2. The highest BCUT2D eigenvalue weighted by molar-refractivity contribution is 7.89. The molecule has 0 amide bonds. The Morgan fingerprint density at radius 1 is 1.40 bits per heavy atom. The number of aromatic nitrogens is 1. The quantitative estimate of drug-likeness (QED) is 0.782. The van der Waals surface area contributed by atoms with Crippen LogP contribution < -0.4 is 10.9 Å². The number of hydrogen-bond acceptors (Lipinski definition) is 4. The highest BCUT2D eigenvalue weighted by Gasteiger charge is 2.24. The van der Waals surface area contributed by atoms with Crippen molar-refractivity contribution in [1.29, 1.82) is 0 Å². The molecule has 0 bridgehead atoms. The summed E-state index contributed by atoms with van der Waals surface area (Å²) in [5.41, 5.74) is 3.83. The van der Waals surface area contributed by atoms with Gasteiger partial charge in [0.25, 0.3) is 16.4 Å². The first-order valence-corrected chi connectivity index (χ1v) is 5.05. The Bertz CT molecular complexity index is 489. The zero-order valence-electron chi connectivity index (χ0n) is 7.12. The molecule has 15 heavy (non-hydrogen) atoms. The van der Waals surface area contributed by atoms with E-state index in [2.05, 4.69) is 10.1 Å². The Morgan fingerprint density at radius 2 is 1.93 bits per heavy atom. The van der Waals surface area contributed by atoms with Crippen LogP contribution in [0.5, 0.6) is 0 Å². The van der Waals surface area contributed by atoms with E-state index in [-0.39, 0.29) is 0 Å². The summed E-state index contributed by atoms with van der Waals surface area (Å²) in [6.07, 6.45) is -3.21. The lowest BCUT2D eigenvalue weighted by Gasteiger charge is -2.07. The Morgan fingerprint density at radius 3 is 2.33 bits per heavy atom. The van der Waals surface area contributed by atoms with Crippen LogP contribution in [0.2, 0.25) is 0 Å². The van der Waals surface area contributed by atoms with Crippen LogP contribution in [0.25, 0.3) is 0 Å². The Labute approximate surface area is 83.0 Å². The SMILES string of the molecule is Nc1nc(S(N)(=O)=O)c(C(F)F)cc1F. The molecule has 9 heteroatoms. The molecule has 0 unspecified atom stereocenters. The van der Waals surface area contributed by atoms with Crippen LogP contribution in [0, 0.1) is 5.82 Å². The number of rotatable bonds is 2. The lowest BCUT2D eigenvalue weighted by molar-refractivity contribution is 0.146. The summed E-state index contributed by atoms with van der Waals surface area (Å²) in [5, 5.41) is 3.50. The van der Waals surface area contributed by atoms with Crippen LogP contribution in [0.1, 0.15) is 12.0 Å². The van der Waals surface area contributed by atoms with Gasteiger partial charge in [0.1, 0.15) is 0 Å². The first-order valence-electron chi connectivity index (χ1n) is 3.50. The molecule has 84 valence electrons. The van der Waals surface area contributed by atoms with Gasteiger partial charge in [0.05, 0.1) is 5.56 Å². The number of nitrogens with zero attached hydrogens (tertiary/aromatic N) is 1. The van der Waals surface area contributed by atoms with Crippen molar-refractivity contribution in [3.63, 3.8) is 0 Å². The highest BCUT2D eigenvalue weighted by atomic mass is 32.2. The fraction of sp³-hybridized carbons (Fsp3) is 0.167. The lowest BCUT2D eigenvalue weighted by atomic mass is 10.3. The summed E-state index contributed by atoms with van der Waals surface area (Å²) in [7, 11) is -4.46. The second-order valence-corrected chi connectivity index (χ2v) is 4.07. The molecule has 0 aromatic carbocycles. The molecular weight excluding hydrogens is 235 g/mol. The standard InChI is InChI=1S/C6H6F3N3O2S/c7-3-1-2(4(8)9)6(12-5(3)10)15(11,13)14/h1,4H,(H2,10,12)(H2,11,13,14). The second-order valence-electron chi connectivity index (χ2n) is 2.60. The third-order valence-corrected chi connectivity index (χ3v) is 2.37. The van der Waals surface area contributed by atoms with E-state index in [0.717, 1.165) is 0 Å². The molecule has 1 aromatic rings. The molecule has 0 saturated carbocycles. The lowest BCUT2D eigenvalue weighted by Crippen LogP contribution is -2.18. The van der Waals surface area contributed by atoms with Gasteiger partial charge in [-0.1, -0.05) is 0 Å². The molecular formula is C6H6F3N3O2S. The van der Waals surface area contributed by atoms with Gasteiger partial charge in [0.15, 0.2) is 16.7 Å². The van der Waals surface area contributed by atoms with Crippen molar-refractivity contribution < 1.29 is 21.6 Å². The van der Waals surface area contributed by atoms with Crippen molar-refractivity contribution in [1.82, 2.24) is 4.98 Å². The zero-order valence-corrected chi connectivity index (χ0v) is 7.93. The minimum Gasteiger partial charge on any atom is -0.381 e. The summed E-state index contributed by atoms with van der Waals surface area (Å²) in [6.45, 7) is 0. The maximum atomic E-state index is 12.8. The van der Waals surface area contributed by atoms with Crippen LogP contribution in [-0.4, -0.2) is 13.4 Å². The van der Waals surface area contributed by atoms with Crippen molar-refractivity contribution in [2.75, 3.05) is 5.73 Å². The van der Waals surface area contributed by atoms with Crippen LogP contribution in [0.4, 0.5) is 19.0 Å². The van der Waals surface area contributed by atoms with Gasteiger partial charge in [0, 0.05) is 0 Å². The Hall–Kier alpha value is -1.35. The molecule has 0 aliphatic carbocycles. The molecule has 0 fully saturated rings. The van der Waals surface area contributed by atoms with Gasteiger partial charge in [-0.2, -0.15) is 0 Å². The molecule has 1 heterocycles. The van der Waals surface area contributed by atoms with E-state index in [1.165, 1.54) is 0 Å². The number of halogens is 3. The van der Waals surface area contributed by atoms with E-state index in [1.807, 2.05) is 0 Å². The molecule has 4 N–H and O–H groups in total. The zero-order chi connectivity index (χ0) is 11.8. The smallest absolute Gasteiger partial charge is 0.266 e. The topological polar surface area (TPSA) is 99.1 Å². The van der Waals surface area contributed by atoms with Gasteiger partial charge in [0.2, 0.25) is 0 Å². The molecule has 0 radical (unpaired) electrons. The van der Waals surface area contributed by atoms with E-state index in [9.17, 15) is 21.6 Å². The highest BCUT2D eigenvalue weighted by Crippen LogP contribution is 2.26. The summed E-state index contributed by atoms with van der Waals surface area (Å²) >= 11 is 0. The number of anilines is 1. The van der Waals surface area contributed by atoms with Gasteiger partial charge in [-0.3, -0.25) is 0 Å². The van der Waals surface area contributed by atoms with E-state index in [4.69, 9.17) is 5.73 Å². The first kappa shape index (κ1) is 11.7.